The van der Waals surface area contributed by atoms with Gasteiger partial charge in [-0.15, -0.1) is 4.52 Å². The molecule has 0 spiro atoms. The highest BCUT2D eigenvalue weighted by atomic mass is 31.1. The molecule has 1 aromatic rings. The Hall–Kier alpha value is -0.720. The van der Waals surface area contributed by atoms with Crippen molar-refractivity contribution in [2.75, 3.05) is 6.61 Å². The molecule has 0 bridgehead atoms. The molecule has 0 aliphatic rings. The number of aryl methyl sites for hydroxylation is 1. The van der Waals surface area contributed by atoms with Crippen LogP contribution in [0, 0.1) is 6.92 Å². The molecule has 0 aliphatic carbocycles. The Bertz CT molecular complexity index is 308. The molecular formula is C13H20O2P+. The lowest BCUT2D eigenvalue weighted by Crippen LogP contribution is -2.04. The summed E-state index contributed by atoms with van der Waals surface area (Å²) in [5.74, 6) is 0.377. The average Bonchev–Trinajstić information content (AvgIpc) is 2.31. The van der Waals surface area contributed by atoms with E-state index >= 15 is 0 Å². The topological polar surface area (TPSA) is 26.3 Å². The normalized spacial score (nSPS) is 12.9. The molecule has 1 rings (SSSR count). The second kappa shape index (κ2) is 7.54. The summed E-state index contributed by atoms with van der Waals surface area (Å²) in [6, 6.07) is 8.53. The van der Waals surface area contributed by atoms with E-state index in [0.29, 0.717) is 12.5 Å². The van der Waals surface area contributed by atoms with Gasteiger partial charge in [0.2, 0.25) is 0 Å². The van der Waals surface area contributed by atoms with Crippen LogP contribution < -0.4 is 0 Å². The smallest absolute Gasteiger partial charge is 0.147 e. The van der Waals surface area contributed by atoms with Crippen molar-refractivity contribution in [3.8, 4) is 0 Å². The summed E-state index contributed by atoms with van der Waals surface area (Å²) in [4.78, 5) is 0. The van der Waals surface area contributed by atoms with Crippen LogP contribution in [0.1, 0.15) is 43.2 Å². The van der Waals surface area contributed by atoms with E-state index in [4.69, 9.17) is 4.52 Å². The lowest BCUT2D eigenvalue weighted by molar-refractivity contribution is 0.301. The van der Waals surface area contributed by atoms with E-state index in [1.54, 1.807) is 0 Å². The lowest BCUT2D eigenvalue weighted by atomic mass is 9.94. The maximum Gasteiger partial charge on any atom is 0.494 e. The van der Waals surface area contributed by atoms with Gasteiger partial charge >= 0.3 is 8.69 Å². The van der Waals surface area contributed by atoms with E-state index in [1.165, 1.54) is 24.0 Å². The molecule has 0 amide bonds. The highest BCUT2D eigenvalue weighted by Gasteiger charge is 2.13. The monoisotopic (exact) mass is 239 g/mol. The van der Waals surface area contributed by atoms with Gasteiger partial charge in [-0.25, -0.2) is 0 Å². The van der Waals surface area contributed by atoms with Crippen molar-refractivity contribution in [3.63, 3.8) is 0 Å². The maximum atomic E-state index is 10.4. The minimum atomic E-state index is -0.652. The van der Waals surface area contributed by atoms with Crippen molar-refractivity contribution in [2.24, 2.45) is 0 Å². The molecule has 3 heteroatoms. The zero-order valence-electron chi connectivity index (χ0n) is 10.0. The molecular weight excluding hydrogens is 219 g/mol. The number of hydrogen-bond acceptors (Lipinski definition) is 2. The van der Waals surface area contributed by atoms with Crippen molar-refractivity contribution >= 4 is 8.69 Å². The average molecular weight is 239 g/mol. The third-order valence-corrected chi connectivity index (χ3v) is 3.08. The van der Waals surface area contributed by atoms with Crippen LogP contribution in [0.4, 0.5) is 0 Å². The van der Waals surface area contributed by atoms with E-state index in [1.807, 2.05) is 0 Å². The van der Waals surface area contributed by atoms with E-state index < -0.39 is 8.69 Å². The molecule has 16 heavy (non-hydrogen) atoms. The van der Waals surface area contributed by atoms with Gasteiger partial charge in [0.1, 0.15) is 6.61 Å². The van der Waals surface area contributed by atoms with E-state index in [0.717, 1.165) is 6.42 Å². The highest BCUT2D eigenvalue weighted by molar-refractivity contribution is 7.17. The quantitative estimate of drug-likeness (QED) is 0.666. The van der Waals surface area contributed by atoms with Crippen LogP contribution in [0.3, 0.4) is 0 Å². The zero-order chi connectivity index (χ0) is 11.8. The predicted octanol–water partition coefficient (Wildman–Crippen LogP) is 4.22. The first-order valence-corrected chi connectivity index (χ1v) is 6.65. The first kappa shape index (κ1) is 13.3. The minimum Gasteiger partial charge on any atom is -0.147 e. The Labute approximate surface area is 99.3 Å². The fraction of sp³-hybridized carbons (Fsp3) is 0.538. The molecule has 0 aromatic heterocycles. The van der Waals surface area contributed by atoms with Gasteiger partial charge in [0.15, 0.2) is 0 Å². The van der Waals surface area contributed by atoms with Gasteiger partial charge < -0.3 is 0 Å². The standard InChI is InChI=1S/C13H20O2P/c1-3-4-5-13(10-15-16-14)12-8-6-11(2)7-9-12/h6-9,13,16H,3-5,10H2,1-2H3/q+1. The number of unbranched alkanes of at least 4 members (excludes halogenated alkanes) is 1. The van der Waals surface area contributed by atoms with Crippen molar-refractivity contribution < 1.29 is 9.09 Å². The summed E-state index contributed by atoms with van der Waals surface area (Å²) in [6.07, 6.45) is 3.47. The molecule has 0 radical (unpaired) electrons. The summed E-state index contributed by atoms with van der Waals surface area (Å²) in [5, 5.41) is 0. The molecule has 0 fully saturated rings. The summed E-state index contributed by atoms with van der Waals surface area (Å²) in [6.45, 7) is 4.83. The summed E-state index contributed by atoms with van der Waals surface area (Å²) < 4.78 is 15.4. The van der Waals surface area contributed by atoms with E-state index in [9.17, 15) is 4.57 Å². The summed E-state index contributed by atoms with van der Waals surface area (Å²) in [7, 11) is -0.652. The van der Waals surface area contributed by atoms with Crippen LogP contribution in [0.15, 0.2) is 24.3 Å². The predicted molar refractivity (Wildman–Crippen MR) is 68.4 cm³/mol. The molecule has 0 saturated carbocycles. The van der Waals surface area contributed by atoms with Gasteiger partial charge in [-0.3, -0.25) is 0 Å². The lowest BCUT2D eigenvalue weighted by Gasteiger charge is -2.13. The summed E-state index contributed by atoms with van der Waals surface area (Å²) >= 11 is 0. The van der Waals surface area contributed by atoms with Gasteiger partial charge in [-0.2, -0.15) is 0 Å². The first-order valence-electron chi connectivity index (χ1n) is 5.83. The van der Waals surface area contributed by atoms with Crippen molar-refractivity contribution in [1.82, 2.24) is 0 Å². The molecule has 88 valence electrons. The van der Waals surface area contributed by atoms with Crippen LogP contribution in [0.2, 0.25) is 0 Å². The Morgan fingerprint density at radius 1 is 1.31 bits per heavy atom. The molecule has 2 atom stereocenters. The van der Waals surface area contributed by atoms with Crippen LogP contribution >= 0.6 is 8.69 Å². The Morgan fingerprint density at radius 3 is 2.56 bits per heavy atom. The molecule has 1 aromatic carbocycles. The Balaban J connectivity index is 2.66. The van der Waals surface area contributed by atoms with Gasteiger partial charge in [-0.1, -0.05) is 49.6 Å². The Kier molecular flexibility index (Phi) is 6.29. The SMILES string of the molecule is CCCCC(CO[PH+]=O)c1ccc(C)cc1. The zero-order valence-corrected chi connectivity index (χ0v) is 11.0. The summed E-state index contributed by atoms with van der Waals surface area (Å²) in [5.41, 5.74) is 2.56. The highest BCUT2D eigenvalue weighted by Crippen LogP contribution is 2.24. The van der Waals surface area contributed by atoms with Gasteiger partial charge in [-0.05, 0) is 23.5 Å². The van der Waals surface area contributed by atoms with Crippen LogP contribution in [0.5, 0.6) is 0 Å². The molecule has 0 aliphatic heterocycles. The van der Waals surface area contributed by atoms with Gasteiger partial charge in [0, 0.05) is 5.92 Å². The Morgan fingerprint density at radius 2 is 2.00 bits per heavy atom. The minimum absolute atomic E-state index is 0.377. The fourth-order valence-electron chi connectivity index (χ4n) is 1.77. The van der Waals surface area contributed by atoms with Crippen molar-refractivity contribution in [3.05, 3.63) is 35.4 Å². The third-order valence-electron chi connectivity index (χ3n) is 2.80. The van der Waals surface area contributed by atoms with Crippen molar-refractivity contribution in [2.45, 2.75) is 39.0 Å². The van der Waals surface area contributed by atoms with Crippen molar-refractivity contribution in [1.29, 1.82) is 0 Å². The molecule has 0 heterocycles. The number of hydrogen-bond donors (Lipinski definition) is 0. The molecule has 0 N–H and O–H groups in total. The van der Waals surface area contributed by atoms with E-state index in [-0.39, 0.29) is 0 Å². The second-order valence-corrected chi connectivity index (χ2v) is 4.60. The number of benzene rings is 1. The van der Waals surface area contributed by atoms with Gasteiger partial charge in [0.05, 0.1) is 0 Å². The first-order chi connectivity index (χ1) is 7.77. The molecule has 0 saturated heterocycles. The third kappa shape index (κ3) is 4.42. The van der Waals surface area contributed by atoms with Crippen LogP contribution in [0.25, 0.3) is 0 Å². The van der Waals surface area contributed by atoms with Gasteiger partial charge in [0.25, 0.3) is 0 Å². The molecule has 2 unspecified atom stereocenters. The maximum absolute atomic E-state index is 10.4. The van der Waals surface area contributed by atoms with E-state index in [2.05, 4.69) is 38.1 Å². The molecule has 2 nitrogen and oxygen atoms in total. The number of rotatable bonds is 7. The van der Waals surface area contributed by atoms with Crippen LogP contribution in [-0.2, 0) is 9.09 Å². The fourth-order valence-corrected chi connectivity index (χ4v) is 2.04. The largest absolute Gasteiger partial charge is 0.494 e. The second-order valence-electron chi connectivity index (χ2n) is 4.14. The van der Waals surface area contributed by atoms with Crippen LogP contribution in [-0.4, -0.2) is 6.61 Å².